The van der Waals surface area contributed by atoms with Crippen LogP contribution in [0.3, 0.4) is 0 Å². The molecule has 1 aliphatic rings. The van der Waals surface area contributed by atoms with Crippen LogP contribution in [0.4, 0.5) is 5.69 Å². The summed E-state index contributed by atoms with van der Waals surface area (Å²) in [7, 11) is 3.17. The Morgan fingerprint density at radius 3 is 2.62 bits per heavy atom. The van der Waals surface area contributed by atoms with Gasteiger partial charge in [-0.1, -0.05) is 13.3 Å². The van der Waals surface area contributed by atoms with Crippen molar-refractivity contribution in [3.63, 3.8) is 0 Å². The second-order valence-electron chi connectivity index (χ2n) is 5.21. The number of methoxy groups -OCH3 is 2. The molecule has 1 aliphatic carbocycles. The highest BCUT2D eigenvalue weighted by Crippen LogP contribution is 2.47. The quantitative estimate of drug-likeness (QED) is 0.846. The van der Waals surface area contributed by atoms with Crippen molar-refractivity contribution in [1.82, 2.24) is 20.2 Å². The fourth-order valence-corrected chi connectivity index (χ4v) is 2.65. The molecule has 1 aromatic heterocycles. The van der Waals surface area contributed by atoms with Crippen LogP contribution >= 0.6 is 0 Å². The number of rotatable bonds is 5. The van der Waals surface area contributed by atoms with Crippen LogP contribution in [0.5, 0.6) is 11.5 Å². The van der Waals surface area contributed by atoms with Crippen LogP contribution in [0.15, 0.2) is 12.1 Å². The van der Waals surface area contributed by atoms with Gasteiger partial charge in [0.15, 0.2) is 17.3 Å². The average Bonchev–Trinajstić information content (AvgIpc) is 3.14. The molecule has 2 atom stereocenters. The number of anilines is 1. The molecule has 0 spiro atoms. The number of nitrogens with zero attached hydrogens (tertiary/aromatic N) is 4. The number of benzene rings is 1. The molecule has 7 nitrogen and oxygen atoms in total. The average molecular weight is 289 g/mol. The lowest BCUT2D eigenvalue weighted by Crippen LogP contribution is -2.04. The van der Waals surface area contributed by atoms with Crippen molar-refractivity contribution in [1.29, 1.82) is 0 Å². The molecule has 1 aromatic carbocycles. The van der Waals surface area contributed by atoms with E-state index in [1.165, 1.54) is 0 Å². The van der Waals surface area contributed by atoms with E-state index in [4.69, 9.17) is 15.2 Å². The Labute approximate surface area is 123 Å². The molecule has 112 valence electrons. The Morgan fingerprint density at radius 2 is 2.00 bits per heavy atom. The van der Waals surface area contributed by atoms with Gasteiger partial charge in [-0.3, -0.25) is 0 Å². The number of hydrogen-bond acceptors (Lipinski definition) is 6. The van der Waals surface area contributed by atoms with E-state index in [2.05, 4.69) is 22.4 Å². The van der Waals surface area contributed by atoms with Crippen molar-refractivity contribution in [2.45, 2.75) is 25.8 Å². The van der Waals surface area contributed by atoms with Crippen LogP contribution in [0.25, 0.3) is 11.4 Å². The Morgan fingerprint density at radius 1 is 1.29 bits per heavy atom. The van der Waals surface area contributed by atoms with E-state index in [-0.39, 0.29) is 0 Å². The van der Waals surface area contributed by atoms with Crippen molar-refractivity contribution < 1.29 is 9.47 Å². The Bertz CT molecular complexity index is 655. The van der Waals surface area contributed by atoms with Gasteiger partial charge >= 0.3 is 0 Å². The summed E-state index contributed by atoms with van der Waals surface area (Å²) in [4.78, 5) is 0. The van der Waals surface area contributed by atoms with Gasteiger partial charge in [0.1, 0.15) is 0 Å². The first-order chi connectivity index (χ1) is 10.2. The molecule has 2 aromatic rings. The Hall–Kier alpha value is -2.31. The summed E-state index contributed by atoms with van der Waals surface area (Å²) in [5.41, 5.74) is 7.45. The van der Waals surface area contributed by atoms with E-state index in [9.17, 15) is 0 Å². The topological polar surface area (TPSA) is 88.1 Å². The number of hydrogen-bond donors (Lipinski definition) is 1. The maximum absolute atomic E-state index is 6.12. The van der Waals surface area contributed by atoms with Gasteiger partial charge in [0.2, 0.25) is 0 Å². The summed E-state index contributed by atoms with van der Waals surface area (Å²) in [6.45, 7) is 2.18. The summed E-state index contributed by atoms with van der Waals surface area (Å²) in [5, 5.41) is 12.1. The van der Waals surface area contributed by atoms with Gasteiger partial charge in [0, 0.05) is 17.3 Å². The third-order valence-corrected chi connectivity index (χ3v) is 4.01. The highest BCUT2D eigenvalue weighted by atomic mass is 16.5. The van der Waals surface area contributed by atoms with Gasteiger partial charge in [0.25, 0.3) is 0 Å². The summed E-state index contributed by atoms with van der Waals surface area (Å²) in [6.07, 6.45) is 2.24. The van der Waals surface area contributed by atoms with E-state index < -0.39 is 0 Å². The number of ether oxygens (including phenoxy) is 2. The lowest BCUT2D eigenvalue weighted by molar-refractivity contribution is 0.355. The van der Waals surface area contributed by atoms with Crippen LogP contribution in [0.2, 0.25) is 0 Å². The molecule has 2 N–H and O–H groups in total. The fraction of sp³-hybridized carbons (Fsp3) is 0.500. The van der Waals surface area contributed by atoms with Crippen LogP contribution in [0, 0.1) is 5.92 Å². The monoisotopic (exact) mass is 289 g/mol. The van der Waals surface area contributed by atoms with Crippen LogP contribution in [-0.2, 0) is 0 Å². The highest BCUT2D eigenvalue weighted by molar-refractivity contribution is 5.76. The van der Waals surface area contributed by atoms with Gasteiger partial charge < -0.3 is 15.2 Å². The molecule has 0 aliphatic heterocycles. The highest BCUT2D eigenvalue weighted by Gasteiger charge is 2.40. The molecule has 3 rings (SSSR count). The Balaban J connectivity index is 2.03. The standard InChI is InChI=1S/C14H19N5O2/c1-4-8-5-11(8)19-14(16-17-18-19)9-6-12(20-2)13(21-3)7-10(9)15/h6-8,11H,4-5,15H2,1-3H3. The van der Waals surface area contributed by atoms with Crippen LogP contribution in [0.1, 0.15) is 25.8 Å². The van der Waals surface area contributed by atoms with E-state index in [0.717, 1.165) is 18.4 Å². The van der Waals surface area contributed by atoms with Crippen molar-refractivity contribution >= 4 is 5.69 Å². The van der Waals surface area contributed by atoms with Gasteiger partial charge in [-0.15, -0.1) is 5.10 Å². The van der Waals surface area contributed by atoms with Crippen molar-refractivity contribution in [3.05, 3.63) is 12.1 Å². The zero-order valence-corrected chi connectivity index (χ0v) is 12.4. The number of nitrogen functional groups attached to an aromatic ring is 1. The maximum atomic E-state index is 6.12. The zero-order valence-electron chi connectivity index (χ0n) is 12.4. The molecule has 1 saturated carbocycles. The fourth-order valence-electron chi connectivity index (χ4n) is 2.65. The van der Waals surface area contributed by atoms with E-state index >= 15 is 0 Å². The molecule has 1 heterocycles. The van der Waals surface area contributed by atoms with Gasteiger partial charge in [-0.25, -0.2) is 4.68 Å². The predicted molar refractivity (Wildman–Crippen MR) is 78.2 cm³/mol. The van der Waals surface area contributed by atoms with E-state index in [1.54, 1.807) is 20.3 Å². The van der Waals surface area contributed by atoms with Crippen molar-refractivity contribution in [2.75, 3.05) is 20.0 Å². The molecule has 0 amide bonds. The normalized spacial score (nSPS) is 20.3. The summed E-state index contributed by atoms with van der Waals surface area (Å²) in [6, 6.07) is 3.92. The molecule has 1 fully saturated rings. The lowest BCUT2D eigenvalue weighted by Gasteiger charge is -2.12. The van der Waals surface area contributed by atoms with E-state index in [1.807, 2.05) is 10.7 Å². The molecular weight excluding hydrogens is 270 g/mol. The molecule has 0 radical (unpaired) electrons. The number of tetrazole rings is 1. The minimum absolute atomic E-state index is 0.368. The van der Waals surface area contributed by atoms with Gasteiger partial charge in [-0.05, 0) is 28.8 Å². The van der Waals surface area contributed by atoms with Crippen molar-refractivity contribution in [2.24, 2.45) is 5.92 Å². The molecule has 7 heteroatoms. The molecule has 2 unspecified atom stereocenters. The van der Waals surface area contributed by atoms with Crippen molar-refractivity contribution in [3.8, 4) is 22.9 Å². The van der Waals surface area contributed by atoms with Gasteiger partial charge in [0.05, 0.1) is 20.3 Å². The first kappa shape index (κ1) is 13.7. The SMILES string of the molecule is CCC1CC1n1nnnc1-c1cc(OC)c(OC)cc1N. The number of nitrogens with two attached hydrogens (primary N) is 1. The van der Waals surface area contributed by atoms with Crippen LogP contribution < -0.4 is 15.2 Å². The first-order valence-corrected chi connectivity index (χ1v) is 6.99. The minimum atomic E-state index is 0.368. The molecular formula is C14H19N5O2. The predicted octanol–water partition coefficient (Wildman–Crippen LogP) is 1.91. The summed E-state index contributed by atoms with van der Waals surface area (Å²) in [5.74, 6) is 2.53. The molecule has 21 heavy (non-hydrogen) atoms. The number of aromatic nitrogens is 4. The largest absolute Gasteiger partial charge is 0.493 e. The lowest BCUT2D eigenvalue weighted by atomic mass is 10.1. The minimum Gasteiger partial charge on any atom is -0.493 e. The summed E-state index contributed by atoms with van der Waals surface area (Å²) >= 11 is 0. The second kappa shape index (κ2) is 5.23. The van der Waals surface area contributed by atoms with E-state index in [0.29, 0.717) is 35.0 Å². The maximum Gasteiger partial charge on any atom is 0.184 e. The second-order valence-corrected chi connectivity index (χ2v) is 5.21. The Kier molecular flexibility index (Phi) is 3.40. The van der Waals surface area contributed by atoms with Crippen LogP contribution in [-0.4, -0.2) is 34.4 Å². The molecule has 0 bridgehead atoms. The third kappa shape index (κ3) is 2.28. The zero-order chi connectivity index (χ0) is 15.0. The third-order valence-electron chi connectivity index (χ3n) is 4.01. The first-order valence-electron chi connectivity index (χ1n) is 6.99. The molecule has 0 saturated heterocycles. The smallest absolute Gasteiger partial charge is 0.184 e. The summed E-state index contributed by atoms with van der Waals surface area (Å²) < 4.78 is 12.4. The van der Waals surface area contributed by atoms with Gasteiger partial charge in [-0.2, -0.15) is 0 Å².